The summed E-state index contributed by atoms with van der Waals surface area (Å²) in [5.41, 5.74) is 6.32. The number of hydrogen-bond donors (Lipinski definition) is 4. The van der Waals surface area contributed by atoms with Gasteiger partial charge in [-0.2, -0.15) is 8.42 Å². The fourth-order valence-electron chi connectivity index (χ4n) is 2.21. The summed E-state index contributed by atoms with van der Waals surface area (Å²) < 4.78 is 30.7. The quantitative estimate of drug-likeness (QED) is 0.359. The van der Waals surface area contributed by atoms with Crippen molar-refractivity contribution in [3.05, 3.63) is 35.4 Å². The first-order chi connectivity index (χ1) is 11.2. The molecule has 130 valence electrons. The SMILES string of the molecule is NC(=O)NCc1ccccc1CC(=O)NC1CN(S(=O)(=O)O)C1=O. The summed E-state index contributed by atoms with van der Waals surface area (Å²) >= 11 is 0. The van der Waals surface area contributed by atoms with E-state index in [1.807, 2.05) is 0 Å². The molecular formula is C13H16N4O6S. The molecule has 11 heteroatoms. The second-order valence-electron chi connectivity index (χ2n) is 5.13. The molecule has 0 radical (unpaired) electrons. The van der Waals surface area contributed by atoms with Crippen LogP contribution in [0.3, 0.4) is 0 Å². The maximum atomic E-state index is 12.0. The van der Waals surface area contributed by atoms with Gasteiger partial charge < -0.3 is 16.4 Å². The zero-order valence-corrected chi connectivity index (χ0v) is 13.2. The van der Waals surface area contributed by atoms with Crippen LogP contribution in [0.2, 0.25) is 0 Å². The fourth-order valence-corrected chi connectivity index (χ4v) is 2.91. The largest absolute Gasteiger partial charge is 0.362 e. The van der Waals surface area contributed by atoms with Crippen LogP contribution in [0.25, 0.3) is 0 Å². The van der Waals surface area contributed by atoms with E-state index in [1.54, 1.807) is 24.3 Å². The van der Waals surface area contributed by atoms with E-state index in [1.165, 1.54) is 0 Å². The van der Waals surface area contributed by atoms with Crippen LogP contribution in [-0.4, -0.2) is 47.7 Å². The summed E-state index contributed by atoms with van der Waals surface area (Å²) in [6.07, 6.45) is -0.0632. The molecule has 1 fully saturated rings. The van der Waals surface area contributed by atoms with Crippen molar-refractivity contribution >= 4 is 28.1 Å². The summed E-state index contributed by atoms with van der Waals surface area (Å²) in [5, 5.41) is 4.81. The smallest absolute Gasteiger partial charge is 0.352 e. The number of nitrogens with one attached hydrogen (secondary N) is 2. The Morgan fingerprint density at radius 2 is 1.92 bits per heavy atom. The highest BCUT2D eigenvalue weighted by molar-refractivity contribution is 7.84. The summed E-state index contributed by atoms with van der Waals surface area (Å²) in [6, 6.07) is 5.16. The molecule has 5 N–H and O–H groups in total. The highest BCUT2D eigenvalue weighted by atomic mass is 32.2. The van der Waals surface area contributed by atoms with E-state index >= 15 is 0 Å². The predicted octanol–water partition coefficient (Wildman–Crippen LogP) is -1.47. The molecule has 1 saturated heterocycles. The van der Waals surface area contributed by atoms with Gasteiger partial charge in [0.05, 0.1) is 13.0 Å². The number of β-lactam (4-membered cyclic amide) rings is 1. The van der Waals surface area contributed by atoms with Crippen molar-refractivity contribution in [2.24, 2.45) is 5.73 Å². The number of primary amides is 1. The Morgan fingerprint density at radius 1 is 1.29 bits per heavy atom. The lowest BCUT2D eigenvalue weighted by atomic mass is 10.0. The first-order valence-corrected chi connectivity index (χ1v) is 8.26. The molecule has 0 bridgehead atoms. The molecule has 0 spiro atoms. The average molecular weight is 356 g/mol. The Hall–Kier alpha value is -2.66. The summed E-state index contributed by atoms with van der Waals surface area (Å²) in [6.45, 7) is -0.161. The van der Waals surface area contributed by atoms with Gasteiger partial charge in [0, 0.05) is 6.54 Å². The van der Waals surface area contributed by atoms with Gasteiger partial charge in [-0.3, -0.25) is 14.1 Å². The lowest BCUT2D eigenvalue weighted by Gasteiger charge is -2.35. The maximum Gasteiger partial charge on any atom is 0.362 e. The van der Waals surface area contributed by atoms with Crippen LogP contribution in [0.5, 0.6) is 0 Å². The third kappa shape index (κ3) is 4.20. The van der Waals surface area contributed by atoms with E-state index in [2.05, 4.69) is 10.6 Å². The minimum atomic E-state index is -4.58. The zero-order valence-electron chi connectivity index (χ0n) is 12.4. The molecule has 0 saturated carbocycles. The minimum absolute atomic E-state index is 0.0632. The molecule has 0 aromatic heterocycles. The van der Waals surface area contributed by atoms with Gasteiger partial charge in [0.2, 0.25) is 5.91 Å². The van der Waals surface area contributed by atoms with Gasteiger partial charge in [-0.15, -0.1) is 0 Å². The number of amides is 4. The van der Waals surface area contributed by atoms with Gasteiger partial charge in [-0.25, -0.2) is 9.10 Å². The van der Waals surface area contributed by atoms with Crippen LogP contribution in [0.15, 0.2) is 24.3 Å². The number of rotatable bonds is 6. The lowest BCUT2D eigenvalue weighted by Crippen LogP contribution is -2.65. The minimum Gasteiger partial charge on any atom is -0.352 e. The van der Waals surface area contributed by atoms with E-state index in [9.17, 15) is 22.8 Å². The van der Waals surface area contributed by atoms with Crippen LogP contribution in [0.4, 0.5) is 4.79 Å². The highest BCUT2D eigenvalue weighted by Crippen LogP contribution is 2.15. The van der Waals surface area contributed by atoms with Crippen LogP contribution >= 0.6 is 0 Å². The van der Waals surface area contributed by atoms with E-state index in [-0.39, 0.29) is 23.8 Å². The highest BCUT2D eigenvalue weighted by Gasteiger charge is 2.44. The second kappa shape index (κ2) is 6.84. The van der Waals surface area contributed by atoms with Crippen LogP contribution in [0, 0.1) is 0 Å². The molecule has 0 aliphatic carbocycles. The molecule has 24 heavy (non-hydrogen) atoms. The third-order valence-electron chi connectivity index (χ3n) is 3.43. The Balaban J connectivity index is 1.94. The van der Waals surface area contributed by atoms with Gasteiger partial charge in [-0.05, 0) is 11.1 Å². The molecule has 10 nitrogen and oxygen atoms in total. The molecule has 1 aromatic rings. The summed E-state index contributed by atoms with van der Waals surface area (Å²) in [5.74, 6) is -1.38. The van der Waals surface area contributed by atoms with E-state index in [4.69, 9.17) is 10.3 Å². The van der Waals surface area contributed by atoms with Gasteiger partial charge in [0.15, 0.2) is 0 Å². The van der Waals surface area contributed by atoms with Crippen molar-refractivity contribution in [2.75, 3.05) is 6.54 Å². The number of carbonyl (C=O) groups is 3. The topological polar surface area (TPSA) is 159 Å². The van der Waals surface area contributed by atoms with Crippen molar-refractivity contribution in [1.82, 2.24) is 14.9 Å². The molecule has 1 unspecified atom stereocenters. The van der Waals surface area contributed by atoms with Gasteiger partial charge in [-0.1, -0.05) is 24.3 Å². The van der Waals surface area contributed by atoms with Crippen LogP contribution in [-0.2, 0) is 32.9 Å². The molecule has 1 aliphatic rings. The zero-order chi connectivity index (χ0) is 17.9. The number of urea groups is 1. The molecule has 1 heterocycles. The Kier molecular flexibility index (Phi) is 5.04. The number of benzene rings is 1. The van der Waals surface area contributed by atoms with E-state index in [0.29, 0.717) is 11.1 Å². The number of nitrogens with two attached hydrogens (primary N) is 1. The van der Waals surface area contributed by atoms with Crippen LogP contribution in [0.1, 0.15) is 11.1 Å². The Bertz CT molecular complexity index is 778. The van der Waals surface area contributed by atoms with Gasteiger partial charge in [0.1, 0.15) is 6.04 Å². The van der Waals surface area contributed by atoms with E-state index in [0.717, 1.165) is 0 Å². The maximum absolute atomic E-state index is 12.0. The summed E-state index contributed by atoms with van der Waals surface area (Å²) in [4.78, 5) is 34.3. The second-order valence-corrected chi connectivity index (χ2v) is 6.47. The number of hydrogen-bond acceptors (Lipinski definition) is 5. The van der Waals surface area contributed by atoms with E-state index < -0.39 is 34.2 Å². The monoisotopic (exact) mass is 356 g/mol. The van der Waals surface area contributed by atoms with Gasteiger partial charge >= 0.3 is 16.3 Å². The summed E-state index contributed by atoms with van der Waals surface area (Å²) in [7, 11) is -4.58. The molecule has 2 rings (SSSR count). The molecular weight excluding hydrogens is 340 g/mol. The fraction of sp³-hybridized carbons (Fsp3) is 0.308. The molecule has 1 aliphatic heterocycles. The average Bonchev–Trinajstić information content (AvgIpc) is 2.48. The molecule has 1 atom stereocenters. The van der Waals surface area contributed by atoms with Crippen LogP contribution < -0.4 is 16.4 Å². The lowest BCUT2D eigenvalue weighted by molar-refractivity contribution is -0.140. The van der Waals surface area contributed by atoms with Gasteiger partial charge in [0.25, 0.3) is 5.91 Å². The van der Waals surface area contributed by atoms with Crippen molar-refractivity contribution in [2.45, 2.75) is 19.0 Å². The predicted molar refractivity (Wildman–Crippen MR) is 81.8 cm³/mol. The first-order valence-electron chi connectivity index (χ1n) is 6.87. The van der Waals surface area contributed by atoms with Crippen molar-refractivity contribution < 1.29 is 27.4 Å². The Morgan fingerprint density at radius 3 is 2.46 bits per heavy atom. The first kappa shape index (κ1) is 17.7. The van der Waals surface area contributed by atoms with Crippen molar-refractivity contribution in [3.63, 3.8) is 0 Å². The van der Waals surface area contributed by atoms with Crippen molar-refractivity contribution in [1.29, 1.82) is 0 Å². The third-order valence-corrected chi connectivity index (χ3v) is 4.31. The normalized spacial score (nSPS) is 17.1. The molecule has 1 aromatic carbocycles. The Labute approximate surface area is 137 Å². The number of nitrogens with zero attached hydrogens (tertiary/aromatic N) is 1. The number of carbonyl (C=O) groups excluding carboxylic acids is 3. The van der Waals surface area contributed by atoms with Crippen molar-refractivity contribution in [3.8, 4) is 0 Å². The standard InChI is InChI=1S/C13H16N4O6S/c14-13(20)15-6-9-4-2-1-3-8(9)5-11(18)16-10-7-17(12(10)19)24(21,22)23/h1-4,10H,5-7H2,(H,16,18)(H3,14,15,20)(H,21,22,23). The molecule has 4 amide bonds.